The number of nitrogens with zero attached hydrogens (tertiary/aromatic N) is 1. The van der Waals surface area contributed by atoms with E-state index in [1.165, 1.54) is 18.2 Å². The van der Waals surface area contributed by atoms with E-state index < -0.39 is 29.7 Å². The van der Waals surface area contributed by atoms with Crippen molar-refractivity contribution in [3.63, 3.8) is 0 Å². The zero-order valence-corrected chi connectivity index (χ0v) is 16.3. The Labute approximate surface area is 168 Å². The lowest BCUT2D eigenvalue weighted by Crippen LogP contribution is -2.75. The monoisotopic (exact) mass is 403 g/mol. The van der Waals surface area contributed by atoms with E-state index in [4.69, 9.17) is 0 Å². The zero-order chi connectivity index (χ0) is 20.5. The maximum Gasteiger partial charge on any atom is 0.229 e. The molecule has 3 amide bonds. The average Bonchev–Trinajstić information content (AvgIpc) is 2.67. The van der Waals surface area contributed by atoms with E-state index in [-0.39, 0.29) is 24.5 Å². The van der Waals surface area contributed by atoms with E-state index in [0.717, 1.165) is 25.8 Å². The number of piperidine rings is 2. The summed E-state index contributed by atoms with van der Waals surface area (Å²) in [7, 11) is 0. The summed E-state index contributed by atoms with van der Waals surface area (Å²) in [6, 6.07) is 5.84. The van der Waals surface area contributed by atoms with Crippen LogP contribution in [0.2, 0.25) is 0 Å². The second kappa shape index (κ2) is 8.08. The summed E-state index contributed by atoms with van der Waals surface area (Å²) < 4.78 is 13.4. The van der Waals surface area contributed by atoms with E-state index in [0.29, 0.717) is 11.7 Å². The Bertz CT molecular complexity index is 819. The number of rotatable bonds is 3. The molecule has 0 aromatic heterocycles. The van der Waals surface area contributed by atoms with Gasteiger partial charge in [-0.3, -0.25) is 24.6 Å². The molecule has 9 heteroatoms. The van der Waals surface area contributed by atoms with Crippen molar-refractivity contribution in [1.82, 2.24) is 20.9 Å². The largest absolute Gasteiger partial charge is 0.340 e. The Kier molecular flexibility index (Phi) is 5.51. The summed E-state index contributed by atoms with van der Waals surface area (Å²) in [5.41, 5.74) is 0.293. The maximum absolute atomic E-state index is 13.4. The van der Waals surface area contributed by atoms with Gasteiger partial charge < -0.3 is 16.0 Å². The molecule has 1 aromatic carbocycles. The molecule has 29 heavy (non-hydrogen) atoms. The number of likely N-dealkylation sites (tertiary alicyclic amines) is 1. The van der Waals surface area contributed by atoms with Gasteiger partial charge in [0.1, 0.15) is 12.1 Å². The van der Waals surface area contributed by atoms with Crippen LogP contribution in [0.5, 0.6) is 0 Å². The zero-order valence-electron chi connectivity index (χ0n) is 16.3. The second-order valence-corrected chi connectivity index (χ2v) is 8.04. The Balaban J connectivity index is 1.50. The topological polar surface area (TPSA) is 103 Å². The number of hydrogen-bond donors (Lipinski definition) is 4. The van der Waals surface area contributed by atoms with Gasteiger partial charge in [0.2, 0.25) is 17.7 Å². The van der Waals surface area contributed by atoms with Crippen molar-refractivity contribution in [2.45, 2.75) is 51.1 Å². The van der Waals surface area contributed by atoms with E-state index in [1.54, 1.807) is 6.07 Å². The van der Waals surface area contributed by atoms with Crippen LogP contribution in [-0.4, -0.2) is 47.7 Å². The van der Waals surface area contributed by atoms with Crippen molar-refractivity contribution in [3.05, 3.63) is 30.1 Å². The maximum atomic E-state index is 13.4. The normalized spacial score (nSPS) is 32.7. The van der Waals surface area contributed by atoms with Crippen molar-refractivity contribution < 1.29 is 18.8 Å². The number of hydrogen-bond acceptors (Lipinski definition) is 5. The lowest BCUT2D eigenvalue weighted by Gasteiger charge is -2.48. The van der Waals surface area contributed by atoms with E-state index >= 15 is 0 Å². The molecule has 1 aromatic rings. The van der Waals surface area contributed by atoms with Crippen LogP contribution in [-0.2, 0) is 14.4 Å². The number of carbonyl (C=O) groups is 3. The number of anilines is 1. The highest BCUT2D eigenvalue weighted by atomic mass is 19.1. The summed E-state index contributed by atoms with van der Waals surface area (Å²) in [5.74, 6) is -3.09. The lowest BCUT2D eigenvalue weighted by molar-refractivity contribution is -0.148. The van der Waals surface area contributed by atoms with Gasteiger partial charge in [0, 0.05) is 24.7 Å². The van der Waals surface area contributed by atoms with Gasteiger partial charge in [0.05, 0.1) is 18.0 Å². The summed E-state index contributed by atoms with van der Waals surface area (Å²) in [6.45, 7) is 2.97. The minimum atomic E-state index is -0.843. The standard InChI is InChI=1S/C20H26FN5O3/c1-11-5-2-3-8-26(11)20-24-17-16(19(29)25-20)14(10-15(27)23-17)18(28)22-13-7-4-6-12(21)9-13/h4,6-7,9,11,14,16-17,20,24H,2-3,5,8,10H2,1H3,(H,22,28)(H,23,27)(H,25,29). The molecule has 0 spiro atoms. The van der Waals surface area contributed by atoms with Crippen LogP contribution in [0.1, 0.15) is 32.6 Å². The van der Waals surface area contributed by atoms with Crippen molar-refractivity contribution in [3.8, 4) is 0 Å². The number of benzene rings is 1. The number of halogens is 1. The fourth-order valence-corrected chi connectivity index (χ4v) is 4.54. The highest BCUT2D eigenvalue weighted by molar-refractivity contribution is 6.00. The van der Waals surface area contributed by atoms with Gasteiger partial charge in [0.25, 0.3) is 0 Å². The first kappa shape index (κ1) is 19.8. The molecule has 4 N–H and O–H groups in total. The number of fused-ring (bicyclic) bond motifs is 1. The van der Waals surface area contributed by atoms with Gasteiger partial charge in [-0.1, -0.05) is 12.5 Å². The fourth-order valence-electron chi connectivity index (χ4n) is 4.54. The van der Waals surface area contributed by atoms with Gasteiger partial charge >= 0.3 is 0 Å². The van der Waals surface area contributed by atoms with Crippen LogP contribution >= 0.6 is 0 Å². The fraction of sp³-hybridized carbons (Fsp3) is 0.550. The van der Waals surface area contributed by atoms with Crippen LogP contribution < -0.4 is 21.3 Å². The molecule has 156 valence electrons. The molecule has 3 aliphatic heterocycles. The minimum absolute atomic E-state index is 0.0950. The smallest absolute Gasteiger partial charge is 0.229 e. The van der Waals surface area contributed by atoms with Gasteiger partial charge in [0.15, 0.2) is 0 Å². The van der Waals surface area contributed by atoms with Crippen LogP contribution in [0.3, 0.4) is 0 Å². The van der Waals surface area contributed by atoms with Crippen molar-refractivity contribution in [2.75, 3.05) is 11.9 Å². The van der Waals surface area contributed by atoms with E-state index in [9.17, 15) is 18.8 Å². The van der Waals surface area contributed by atoms with Gasteiger partial charge in [-0.25, -0.2) is 4.39 Å². The van der Waals surface area contributed by atoms with Crippen LogP contribution in [0, 0.1) is 17.7 Å². The SMILES string of the molecule is CC1CCCCN1C1NC(=O)C2C(NC(=O)CC2C(=O)Nc2cccc(F)c2)N1. The molecule has 3 aliphatic rings. The lowest BCUT2D eigenvalue weighted by atomic mass is 9.81. The van der Waals surface area contributed by atoms with Crippen molar-refractivity contribution >= 4 is 23.4 Å². The van der Waals surface area contributed by atoms with Crippen molar-refractivity contribution in [1.29, 1.82) is 0 Å². The summed E-state index contributed by atoms with van der Waals surface area (Å²) in [5, 5.41) is 11.7. The van der Waals surface area contributed by atoms with Crippen LogP contribution in [0.25, 0.3) is 0 Å². The Morgan fingerprint density at radius 2 is 2.07 bits per heavy atom. The number of amides is 3. The number of carbonyl (C=O) groups excluding carboxylic acids is 3. The van der Waals surface area contributed by atoms with Crippen molar-refractivity contribution in [2.24, 2.45) is 11.8 Å². The highest BCUT2D eigenvalue weighted by Gasteiger charge is 2.49. The molecular weight excluding hydrogens is 377 g/mol. The first-order valence-corrected chi connectivity index (χ1v) is 10.1. The quantitative estimate of drug-likeness (QED) is 0.596. The van der Waals surface area contributed by atoms with E-state index in [1.807, 2.05) is 0 Å². The van der Waals surface area contributed by atoms with E-state index in [2.05, 4.69) is 33.1 Å². The number of nitrogens with one attached hydrogen (secondary N) is 4. The summed E-state index contributed by atoms with van der Waals surface area (Å²) in [6.07, 6.45) is 2.15. The molecule has 3 heterocycles. The summed E-state index contributed by atoms with van der Waals surface area (Å²) >= 11 is 0. The second-order valence-electron chi connectivity index (χ2n) is 8.04. The minimum Gasteiger partial charge on any atom is -0.340 e. The molecule has 5 unspecified atom stereocenters. The van der Waals surface area contributed by atoms with Crippen LogP contribution in [0.4, 0.5) is 10.1 Å². The molecule has 4 rings (SSSR count). The van der Waals surface area contributed by atoms with Gasteiger partial charge in [-0.2, -0.15) is 0 Å². The Hall–Kier alpha value is -2.52. The predicted molar refractivity (Wildman–Crippen MR) is 104 cm³/mol. The first-order valence-electron chi connectivity index (χ1n) is 10.1. The molecule has 0 saturated carbocycles. The molecule has 0 radical (unpaired) electrons. The first-order chi connectivity index (χ1) is 13.9. The molecule has 3 saturated heterocycles. The Morgan fingerprint density at radius 3 is 2.83 bits per heavy atom. The molecule has 0 aliphatic carbocycles. The van der Waals surface area contributed by atoms with Gasteiger partial charge in [-0.15, -0.1) is 0 Å². The van der Waals surface area contributed by atoms with Crippen LogP contribution in [0.15, 0.2) is 24.3 Å². The molecular formula is C20H26FN5O3. The average molecular weight is 403 g/mol. The molecule has 0 bridgehead atoms. The molecule has 5 atom stereocenters. The third-order valence-electron chi connectivity index (χ3n) is 6.05. The molecule has 8 nitrogen and oxygen atoms in total. The molecule has 3 fully saturated rings. The van der Waals surface area contributed by atoms with Gasteiger partial charge in [-0.05, 0) is 38.0 Å². The highest BCUT2D eigenvalue weighted by Crippen LogP contribution is 2.29. The summed E-state index contributed by atoms with van der Waals surface area (Å²) in [4.78, 5) is 40.2. The third-order valence-corrected chi connectivity index (χ3v) is 6.05. The third kappa shape index (κ3) is 4.11. The Morgan fingerprint density at radius 1 is 1.24 bits per heavy atom. The predicted octanol–water partition coefficient (Wildman–Crippen LogP) is 0.720.